The van der Waals surface area contributed by atoms with E-state index in [1.54, 1.807) is 5.16 Å². The minimum absolute atomic E-state index is 0.177. The SMILES string of the molecule is [O-][NH+]=C(CCCC(O)(O)O)CCCC(O)(O)O. The van der Waals surface area contributed by atoms with Crippen LogP contribution in [-0.2, 0) is 0 Å². The summed E-state index contributed by atoms with van der Waals surface area (Å²) >= 11 is 0. The lowest BCUT2D eigenvalue weighted by Gasteiger charge is -2.14. The van der Waals surface area contributed by atoms with Crippen LogP contribution in [0.1, 0.15) is 38.5 Å². The van der Waals surface area contributed by atoms with Crippen molar-refractivity contribution < 1.29 is 35.8 Å². The highest BCUT2D eigenvalue weighted by Crippen LogP contribution is 2.11. The smallest absolute Gasteiger partial charge is 0.275 e. The molecule has 0 aromatic carbocycles. The molecule has 0 aromatic heterocycles. The van der Waals surface area contributed by atoms with Crippen LogP contribution in [0.25, 0.3) is 0 Å². The summed E-state index contributed by atoms with van der Waals surface area (Å²) in [4.78, 5) is 0. The van der Waals surface area contributed by atoms with Crippen molar-refractivity contribution in [1.82, 2.24) is 0 Å². The summed E-state index contributed by atoms with van der Waals surface area (Å²) in [6.45, 7) is 0. The van der Waals surface area contributed by atoms with Crippen molar-refractivity contribution in [2.75, 3.05) is 0 Å². The van der Waals surface area contributed by atoms with E-state index in [2.05, 4.69) is 0 Å². The van der Waals surface area contributed by atoms with Gasteiger partial charge in [0.25, 0.3) is 11.9 Å². The van der Waals surface area contributed by atoms with Gasteiger partial charge in [-0.05, 0) is 12.8 Å². The lowest BCUT2D eigenvalue weighted by atomic mass is 10.1. The minimum Gasteiger partial charge on any atom is -0.625 e. The fourth-order valence-electron chi connectivity index (χ4n) is 1.30. The first-order valence-electron chi connectivity index (χ1n) is 5.21. The molecule has 0 atom stereocenters. The first-order chi connectivity index (χ1) is 7.64. The van der Waals surface area contributed by atoms with E-state index in [9.17, 15) is 5.21 Å². The summed E-state index contributed by atoms with van der Waals surface area (Å²) in [5, 5.41) is 63.7. The van der Waals surface area contributed by atoms with Crippen molar-refractivity contribution >= 4 is 5.71 Å². The van der Waals surface area contributed by atoms with Crippen LogP contribution in [0.15, 0.2) is 0 Å². The van der Waals surface area contributed by atoms with E-state index in [0.717, 1.165) is 0 Å². The fraction of sp³-hybridized carbons (Fsp3) is 0.889. The molecular formula is C9H19NO7. The van der Waals surface area contributed by atoms with Gasteiger partial charge in [0.15, 0.2) is 5.71 Å². The summed E-state index contributed by atoms with van der Waals surface area (Å²) in [6.07, 6.45) is 0.169. The van der Waals surface area contributed by atoms with Crippen molar-refractivity contribution in [3.63, 3.8) is 0 Å². The molecule has 0 heterocycles. The van der Waals surface area contributed by atoms with Gasteiger partial charge in [-0.1, -0.05) is 0 Å². The Labute approximate surface area is 98.1 Å². The van der Waals surface area contributed by atoms with Crippen molar-refractivity contribution in [3.05, 3.63) is 5.21 Å². The third kappa shape index (κ3) is 11.5. The Hall–Kier alpha value is -0.770. The van der Waals surface area contributed by atoms with Gasteiger partial charge in [0.05, 0.1) is 0 Å². The minimum atomic E-state index is -2.75. The molecule has 102 valence electrons. The summed E-state index contributed by atoms with van der Waals surface area (Å²) in [6, 6.07) is 0. The molecular weight excluding hydrogens is 234 g/mol. The maximum atomic E-state index is 10.5. The third-order valence-corrected chi connectivity index (χ3v) is 2.13. The Morgan fingerprint density at radius 1 is 0.824 bits per heavy atom. The molecule has 0 aliphatic carbocycles. The van der Waals surface area contributed by atoms with Crippen molar-refractivity contribution in [3.8, 4) is 0 Å². The molecule has 0 spiro atoms. The van der Waals surface area contributed by atoms with Crippen LogP contribution in [0.5, 0.6) is 0 Å². The summed E-state index contributed by atoms with van der Waals surface area (Å²) in [5.41, 5.74) is 0.318. The van der Waals surface area contributed by atoms with Crippen LogP contribution in [0.3, 0.4) is 0 Å². The fourth-order valence-corrected chi connectivity index (χ4v) is 1.30. The normalized spacial score (nSPS) is 12.6. The molecule has 8 nitrogen and oxygen atoms in total. The molecule has 0 bridgehead atoms. The van der Waals surface area contributed by atoms with Gasteiger partial charge < -0.3 is 35.8 Å². The molecule has 7 N–H and O–H groups in total. The number of hydrogen-bond acceptors (Lipinski definition) is 7. The second-order valence-electron chi connectivity index (χ2n) is 3.96. The second kappa shape index (κ2) is 6.84. The van der Waals surface area contributed by atoms with Gasteiger partial charge in [-0.25, -0.2) is 5.16 Å². The summed E-state index contributed by atoms with van der Waals surface area (Å²) in [5.74, 6) is -5.49. The van der Waals surface area contributed by atoms with Gasteiger partial charge in [-0.3, -0.25) is 0 Å². The molecule has 0 rings (SSSR count). The first kappa shape index (κ1) is 16.2. The van der Waals surface area contributed by atoms with Crippen LogP contribution in [-0.4, -0.2) is 48.3 Å². The number of hydrogen-bond donors (Lipinski definition) is 7. The molecule has 0 aliphatic heterocycles. The Kier molecular flexibility index (Phi) is 6.53. The highest BCUT2D eigenvalue weighted by molar-refractivity contribution is 5.78. The summed E-state index contributed by atoms with van der Waals surface area (Å²) in [7, 11) is 0. The van der Waals surface area contributed by atoms with Crippen LogP contribution in [0, 0.1) is 5.21 Å². The van der Waals surface area contributed by atoms with Crippen LogP contribution in [0.2, 0.25) is 0 Å². The Morgan fingerprint density at radius 2 is 1.18 bits per heavy atom. The lowest BCUT2D eigenvalue weighted by Crippen LogP contribution is -2.65. The Bertz CT molecular complexity index is 219. The summed E-state index contributed by atoms with van der Waals surface area (Å²) < 4.78 is 0. The molecule has 0 aliphatic rings. The number of rotatable bonds is 8. The first-order valence-corrected chi connectivity index (χ1v) is 5.21. The van der Waals surface area contributed by atoms with E-state index in [1.807, 2.05) is 0 Å². The molecule has 0 saturated carbocycles. The number of nitrogens with one attached hydrogen (secondary N) is 1. The van der Waals surface area contributed by atoms with E-state index < -0.39 is 11.9 Å². The standard InChI is InChI=1S/C9H19NO7/c11-8(12,13)5-1-3-7(10-17)4-2-6-9(14,15)16/h10-16H,1-6H2. The van der Waals surface area contributed by atoms with E-state index in [1.165, 1.54) is 0 Å². The van der Waals surface area contributed by atoms with E-state index in [4.69, 9.17) is 30.6 Å². The second-order valence-corrected chi connectivity index (χ2v) is 3.96. The monoisotopic (exact) mass is 253 g/mol. The zero-order valence-corrected chi connectivity index (χ0v) is 9.33. The zero-order valence-electron chi connectivity index (χ0n) is 9.33. The third-order valence-electron chi connectivity index (χ3n) is 2.13. The van der Waals surface area contributed by atoms with Gasteiger partial charge in [0, 0.05) is 25.7 Å². The van der Waals surface area contributed by atoms with E-state index in [-0.39, 0.29) is 38.5 Å². The van der Waals surface area contributed by atoms with Gasteiger partial charge in [0.1, 0.15) is 0 Å². The Balaban J connectivity index is 3.80. The molecule has 0 fully saturated rings. The molecule has 0 amide bonds. The predicted molar refractivity (Wildman–Crippen MR) is 55.8 cm³/mol. The van der Waals surface area contributed by atoms with Gasteiger partial charge in [-0.15, -0.1) is 0 Å². The molecule has 0 aromatic rings. The van der Waals surface area contributed by atoms with Crippen LogP contribution in [0.4, 0.5) is 0 Å². The van der Waals surface area contributed by atoms with Gasteiger partial charge in [-0.2, -0.15) is 0 Å². The van der Waals surface area contributed by atoms with E-state index in [0.29, 0.717) is 5.71 Å². The highest BCUT2D eigenvalue weighted by Gasteiger charge is 2.20. The zero-order chi connectivity index (χ0) is 13.5. The highest BCUT2D eigenvalue weighted by atomic mass is 16.7. The largest absolute Gasteiger partial charge is 0.625 e. The van der Waals surface area contributed by atoms with Crippen molar-refractivity contribution in [2.24, 2.45) is 0 Å². The maximum absolute atomic E-state index is 10.5. The van der Waals surface area contributed by atoms with Crippen LogP contribution < -0.4 is 5.16 Å². The lowest BCUT2D eigenvalue weighted by molar-refractivity contribution is -0.377. The average molecular weight is 253 g/mol. The Morgan fingerprint density at radius 3 is 1.41 bits per heavy atom. The van der Waals surface area contributed by atoms with E-state index >= 15 is 0 Å². The quantitative estimate of drug-likeness (QED) is 0.103. The molecule has 0 unspecified atom stereocenters. The topological polar surface area (TPSA) is 158 Å². The molecule has 0 saturated heterocycles. The molecule has 8 heteroatoms. The van der Waals surface area contributed by atoms with Gasteiger partial charge in [0.2, 0.25) is 0 Å². The van der Waals surface area contributed by atoms with Crippen molar-refractivity contribution in [2.45, 2.75) is 50.5 Å². The van der Waals surface area contributed by atoms with Crippen LogP contribution >= 0.6 is 0 Å². The molecule has 17 heavy (non-hydrogen) atoms. The van der Waals surface area contributed by atoms with Gasteiger partial charge >= 0.3 is 0 Å². The molecule has 0 radical (unpaired) electrons. The average Bonchev–Trinajstić information content (AvgIpc) is 2.11. The number of aliphatic hydroxyl groups is 6. The maximum Gasteiger partial charge on any atom is 0.275 e. The predicted octanol–water partition coefficient (Wildman–Crippen LogP) is -3.39. The van der Waals surface area contributed by atoms with Crippen molar-refractivity contribution in [1.29, 1.82) is 0 Å².